The van der Waals surface area contributed by atoms with Gasteiger partial charge >= 0.3 is 0 Å². The van der Waals surface area contributed by atoms with Gasteiger partial charge in [-0.15, -0.1) is 0 Å². The van der Waals surface area contributed by atoms with Gasteiger partial charge in [0.05, 0.1) is 10.9 Å². The van der Waals surface area contributed by atoms with E-state index in [-0.39, 0.29) is 22.7 Å². The topological polar surface area (TPSA) is 72.5 Å². The molecule has 25 heavy (non-hydrogen) atoms. The van der Waals surface area contributed by atoms with Gasteiger partial charge in [0, 0.05) is 6.26 Å². The van der Waals surface area contributed by atoms with Gasteiger partial charge in [-0.05, 0) is 55.8 Å². The van der Waals surface area contributed by atoms with Crippen LogP contribution in [0.15, 0.2) is 53.4 Å². The average Bonchev–Trinajstić information content (AvgIpc) is 2.56. The predicted octanol–water partition coefficient (Wildman–Crippen LogP) is 2.87. The Morgan fingerprint density at radius 3 is 2.12 bits per heavy atom. The van der Waals surface area contributed by atoms with E-state index in [1.54, 1.807) is 26.0 Å². The molecule has 0 radical (unpaired) electrons. The Labute approximate surface area is 146 Å². The quantitative estimate of drug-likeness (QED) is 0.854. The zero-order valence-electron chi connectivity index (χ0n) is 14.2. The molecule has 0 aliphatic heterocycles. The van der Waals surface area contributed by atoms with Gasteiger partial charge in [0.2, 0.25) is 0 Å². The second kappa shape index (κ2) is 7.65. The Hall–Kier alpha value is -2.41. The number of benzene rings is 2. The van der Waals surface area contributed by atoms with E-state index < -0.39 is 15.9 Å². The first-order valence-electron chi connectivity index (χ1n) is 7.69. The standard InChI is InChI=1S/C18H20FNO4S/c1-12(14-4-10-17(11-5-14)25(3,22)23)20-18(21)13(2)24-16-8-6-15(19)7-9-16/h4-13H,1-3H3,(H,20,21)/t12-,13-/m1/s1. The van der Waals surface area contributed by atoms with Crippen molar-refractivity contribution < 1.29 is 22.3 Å². The summed E-state index contributed by atoms with van der Waals surface area (Å²) in [6.45, 7) is 3.39. The van der Waals surface area contributed by atoms with Gasteiger partial charge in [0.25, 0.3) is 5.91 Å². The van der Waals surface area contributed by atoms with Crippen molar-refractivity contribution in [3.63, 3.8) is 0 Å². The molecular weight excluding hydrogens is 345 g/mol. The number of rotatable bonds is 6. The van der Waals surface area contributed by atoms with Gasteiger partial charge in [-0.25, -0.2) is 12.8 Å². The molecule has 0 aliphatic rings. The Morgan fingerprint density at radius 1 is 1.04 bits per heavy atom. The van der Waals surface area contributed by atoms with Gasteiger partial charge < -0.3 is 10.1 Å². The molecule has 0 fully saturated rings. The van der Waals surface area contributed by atoms with E-state index in [4.69, 9.17) is 4.74 Å². The van der Waals surface area contributed by atoms with Crippen LogP contribution in [0.2, 0.25) is 0 Å². The molecule has 0 unspecified atom stereocenters. The summed E-state index contributed by atoms with van der Waals surface area (Å²) < 4.78 is 41.3. The van der Waals surface area contributed by atoms with Gasteiger partial charge in [-0.2, -0.15) is 0 Å². The van der Waals surface area contributed by atoms with Crippen molar-refractivity contribution in [1.82, 2.24) is 5.32 Å². The van der Waals surface area contributed by atoms with Crippen LogP contribution in [0.4, 0.5) is 4.39 Å². The minimum absolute atomic E-state index is 0.225. The third-order valence-electron chi connectivity index (χ3n) is 3.66. The fourth-order valence-corrected chi connectivity index (χ4v) is 2.82. The molecule has 2 atom stereocenters. The molecule has 0 aliphatic carbocycles. The second-order valence-corrected chi connectivity index (χ2v) is 7.80. The summed E-state index contributed by atoms with van der Waals surface area (Å²) >= 11 is 0. The first-order chi connectivity index (χ1) is 11.7. The van der Waals surface area contributed by atoms with E-state index in [2.05, 4.69) is 5.32 Å². The molecule has 0 bridgehead atoms. The van der Waals surface area contributed by atoms with Crippen molar-refractivity contribution in [2.75, 3.05) is 6.26 Å². The van der Waals surface area contributed by atoms with Crippen LogP contribution in [-0.4, -0.2) is 26.7 Å². The van der Waals surface area contributed by atoms with E-state index in [0.29, 0.717) is 5.75 Å². The van der Waals surface area contributed by atoms with E-state index in [9.17, 15) is 17.6 Å². The summed E-state index contributed by atoms with van der Waals surface area (Å²) in [5.74, 6) is -0.311. The molecule has 0 saturated carbocycles. The molecule has 1 amide bonds. The number of carbonyl (C=O) groups is 1. The van der Waals surface area contributed by atoms with Crippen molar-refractivity contribution in [2.45, 2.75) is 30.9 Å². The largest absolute Gasteiger partial charge is 0.481 e. The molecule has 0 heterocycles. The molecule has 0 spiro atoms. The van der Waals surface area contributed by atoms with E-state index >= 15 is 0 Å². The highest BCUT2D eigenvalue weighted by Gasteiger charge is 2.18. The number of carbonyl (C=O) groups excluding carboxylic acids is 1. The van der Waals surface area contributed by atoms with Crippen LogP contribution in [0.3, 0.4) is 0 Å². The molecule has 2 aromatic rings. The van der Waals surface area contributed by atoms with Crippen LogP contribution in [-0.2, 0) is 14.6 Å². The minimum Gasteiger partial charge on any atom is -0.481 e. The van der Waals surface area contributed by atoms with Crippen LogP contribution in [0.5, 0.6) is 5.75 Å². The minimum atomic E-state index is -3.25. The number of amides is 1. The lowest BCUT2D eigenvalue weighted by molar-refractivity contribution is -0.127. The summed E-state index contributed by atoms with van der Waals surface area (Å²) in [6, 6.07) is 11.4. The summed E-state index contributed by atoms with van der Waals surface area (Å²) in [5, 5.41) is 2.80. The number of hydrogen-bond acceptors (Lipinski definition) is 4. The SMILES string of the molecule is C[C@@H](Oc1ccc(F)cc1)C(=O)N[C@H](C)c1ccc(S(C)(=O)=O)cc1. The van der Waals surface area contributed by atoms with E-state index in [1.807, 2.05) is 0 Å². The predicted molar refractivity (Wildman–Crippen MR) is 92.6 cm³/mol. The Morgan fingerprint density at radius 2 is 1.60 bits per heavy atom. The van der Waals surface area contributed by atoms with Crippen LogP contribution >= 0.6 is 0 Å². The molecule has 2 rings (SSSR count). The van der Waals surface area contributed by atoms with E-state index in [0.717, 1.165) is 11.8 Å². The van der Waals surface area contributed by atoms with Gasteiger partial charge in [-0.1, -0.05) is 12.1 Å². The zero-order chi connectivity index (χ0) is 18.6. The number of hydrogen-bond donors (Lipinski definition) is 1. The molecule has 1 N–H and O–H groups in total. The second-order valence-electron chi connectivity index (χ2n) is 5.79. The van der Waals surface area contributed by atoms with Crippen LogP contribution in [0.25, 0.3) is 0 Å². The third-order valence-corrected chi connectivity index (χ3v) is 4.79. The molecule has 5 nitrogen and oxygen atoms in total. The van der Waals surface area contributed by atoms with Crippen molar-refractivity contribution in [3.8, 4) is 5.75 Å². The maximum Gasteiger partial charge on any atom is 0.261 e. The Bertz CT molecular complexity index is 832. The maximum absolute atomic E-state index is 12.9. The van der Waals surface area contributed by atoms with Crippen molar-refractivity contribution in [1.29, 1.82) is 0 Å². The van der Waals surface area contributed by atoms with Crippen molar-refractivity contribution in [3.05, 3.63) is 59.9 Å². The summed E-state index contributed by atoms with van der Waals surface area (Å²) in [6.07, 6.45) is 0.380. The third kappa shape index (κ3) is 5.29. The number of sulfone groups is 1. The lowest BCUT2D eigenvalue weighted by atomic mass is 10.1. The molecule has 2 aromatic carbocycles. The molecule has 0 aromatic heterocycles. The molecular formula is C18H20FNO4S. The summed E-state index contributed by atoms with van der Waals surface area (Å²) in [7, 11) is -3.25. The van der Waals surface area contributed by atoms with Gasteiger partial charge in [0.1, 0.15) is 11.6 Å². The monoisotopic (exact) mass is 365 g/mol. The fourth-order valence-electron chi connectivity index (χ4n) is 2.19. The highest BCUT2D eigenvalue weighted by molar-refractivity contribution is 7.90. The molecule has 7 heteroatoms. The highest BCUT2D eigenvalue weighted by atomic mass is 32.2. The van der Waals surface area contributed by atoms with Crippen molar-refractivity contribution in [2.24, 2.45) is 0 Å². The summed E-state index contributed by atoms with van der Waals surface area (Å²) in [4.78, 5) is 12.4. The lowest BCUT2D eigenvalue weighted by Crippen LogP contribution is -2.37. The lowest BCUT2D eigenvalue weighted by Gasteiger charge is -2.19. The Kier molecular flexibility index (Phi) is 5.79. The normalized spacial score (nSPS) is 13.8. The first-order valence-corrected chi connectivity index (χ1v) is 9.58. The van der Waals surface area contributed by atoms with Crippen molar-refractivity contribution >= 4 is 15.7 Å². The molecule has 134 valence electrons. The van der Waals surface area contributed by atoms with Crippen LogP contribution in [0.1, 0.15) is 25.5 Å². The zero-order valence-corrected chi connectivity index (χ0v) is 15.0. The van der Waals surface area contributed by atoms with Crippen LogP contribution in [0, 0.1) is 5.82 Å². The van der Waals surface area contributed by atoms with E-state index in [1.165, 1.54) is 36.4 Å². The average molecular weight is 365 g/mol. The number of halogens is 1. The maximum atomic E-state index is 12.9. The van der Waals surface area contributed by atoms with Crippen LogP contribution < -0.4 is 10.1 Å². The Balaban J connectivity index is 1.97. The summed E-state index contributed by atoms with van der Waals surface area (Å²) in [5.41, 5.74) is 0.773. The number of ether oxygens (including phenoxy) is 1. The molecule has 0 saturated heterocycles. The highest BCUT2D eigenvalue weighted by Crippen LogP contribution is 2.17. The first kappa shape index (κ1) is 18.9. The van der Waals surface area contributed by atoms with Gasteiger partial charge in [0.15, 0.2) is 15.9 Å². The smallest absolute Gasteiger partial charge is 0.261 e. The van der Waals surface area contributed by atoms with Gasteiger partial charge in [-0.3, -0.25) is 4.79 Å². The fraction of sp³-hybridized carbons (Fsp3) is 0.278. The number of nitrogens with one attached hydrogen (secondary N) is 1.